The predicted octanol–water partition coefficient (Wildman–Crippen LogP) is 1.33. The third-order valence-electron chi connectivity index (χ3n) is 2.58. The number of isocyanates is 2. The Hall–Kier alpha value is -2.30. The fourth-order valence-corrected chi connectivity index (χ4v) is 1.34. The van der Waals surface area contributed by atoms with Crippen molar-refractivity contribution >= 4 is 24.1 Å². The molecule has 124 valence electrons. The van der Waals surface area contributed by atoms with Gasteiger partial charge in [0.2, 0.25) is 12.2 Å². The molecule has 8 heteroatoms. The summed E-state index contributed by atoms with van der Waals surface area (Å²) in [5.41, 5.74) is 0. The molecule has 0 aromatic heterocycles. The van der Waals surface area contributed by atoms with Gasteiger partial charge in [-0.2, -0.15) is 9.98 Å². The number of ether oxygens (including phenoxy) is 2. The van der Waals surface area contributed by atoms with Gasteiger partial charge in [0.1, 0.15) is 0 Å². The largest absolute Gasteiger partial charge is 0.467 e. The number of carbonyl (C=O) groups excluding carboxylic acids is 4. The van der Waals surface area contributed by atoms with Gasteiger partial charge in [0, 0.05) is 0 Å². The van der Waals surface area contributed by atoms with Crippen molar-refractivity contribution in [2.24, 2.45) is 9.98 Å². The highest BCUT2D eigenvalue weighted by Crippen LogP contribution is 2.05. The second kappa shape index (κ2) is 15.1. The lowest BCUT2D eigenvalue weighted by molar-refractivity contribution is -0.143. The van der Waals surface area contributed by atoms with Crippen molar-refractivity contribution in [1.82, 2.24) is 0 Å². The van der Waals surface area contributed by atoms with Crippen LogP contribution >= 0.6 is 0 Å². The zero-order valence-corrected chi connectivity index (χ0v) is 13.3. The van der Waals surface area contributed by atoms with Crippen LogP contribution in [0.2, 0.25) is 0 Å². The van der Waals surface area contributed by atoms with Crippen LogP contribution in [-0.4, -0.2) is 50.4 Å². The molecule has 0 rings (SSSR count). The highest BCUT2D eigenvalue weighted by molar-refractivity contribution is 5.77. The van der Waals surface area contributed by atoms with E-state index in [-0.39, 0.29) is 0 Å². The zero-order valence-electron chi connectivity index (χ0n) is 13.3. The molecule has 0 saturated carbocycles. The normalized spacial score (nSPS) is 11.5. The highest BCUT2D eigenvalue weighted by Gasteiger charge is 2.16. The Balaban J connectivity index is 0. The summed E-state index contributed by atoms with van der Waals surface area (Å²) in [6, 6.07) is -1.34. The minimum Gasteiger partial charge on any atom is -0.467 e. The Morgan fingerprint density at radius 1 is 0.955 bits per heavy atom. The summed E-state index contributed by atoms with van der Waals surface area (Å²) < 4.78 is 8.79. The van der Waals surface area contributed by atoms with Crippen LogP contribution in [-0.2, 0) is 28.7 Å². The van der Waals surface area contributed by atoms with Crippen LogP contribution in [0.4, 0.5) is 0 Å². The van der Waals surface area contributed by atoms with Gasteiger partial charge < -0.3 is 9.47 Å². The van der Waals surface area contributed by atoms with Crippen molar-refractivity contribution in [2.45, 2.75) is 51.6 Å². The molecule has 0 bridgehead atoms. The first-order valence-corrected chi connectivity index (χ1v) is 6.81. The average molecular weight is 314 g/mol. The van der Waals surface area contributed by atoms with E-state index in [1.807, 2.05) is 6.92 Å². The summed E-state index contributed by atoms with van der Waals surface area (Å²) >= 11 is 0. The van der Waals surface area contributed by atoms with Gasteiger partial charge in [-0.25, -0.2) is 19.2 Å². The minimum atomic E-state index is -0.678. The third-order valence-corrected chi connectivity index (χ3v) is 2.58. The fourth-order valence-electron chi connectivity index (χ4n) is 1.34. The maximum atomic E-state index is 10.9. The van der Waals surface area contributed by atoms with Gasteiger partial charge >= 0.3 is 11.9 Å². The Labute approximate surface area is 129 Å². The second-order valence-corrected chi connectivity index (χ2v) is 4.07. The summed E-state index contributed by atoms with van der Waals surface area (Å²) in [5, 5.41) is 0. The number of hydrogen-bond acceptors (Lipinski definition) is 8. The van der Waals surface area contributed by atoms with Gasteiger partial charge in [-0.1, -0.05) is 26.7 Å². The average Bonchev–Trinajstić information content (AvgIpc) is 2.55. The van der Waals surface area contributed by atoms with Crippen LogP contribution in [0.1, 0.15) is 39.5 Å². The molecule has 0 spiro atoms. The van der Waals surface area contributed by atoms with Crippen molar-refractivity contribution in [3.63, 3.8) is 0 Å². The van der Waals surface area contributed by atoms with E-state index in [0.29, 0.717) is 12.8 Å². The van der Waals surface area contributed by atoms with Gasteiger partial charge in [0.25, 0.3) is 0 Å². The molecule has 0 aromatic rings. The van der Waals surface area contributed by atoms with E-state index in [2.05, 4.69) is 19.5 Å². The smallest absolute Gasteiger partial charge is 0.331 e. The monoisotopic (exact) mass is 314 g/mol. The number of nitrogens with zero attached hydrogens (tertiary/aromatic N) is 2. The number of unbranched alkanes of at least 4 members (excludes halogenated alkanes) is 1. The van der Waals surface area contributed by atoms with Crippen molar-refractivity contribution in [3.8, 4) is 0 Å². The van der Waals surface area contributed by atoms with E-state index in [9.17, 15) is 19.2 Å². The maximum absolute atomic E-state index is 10.9. The number of aliphatic imine (C=N–C) groups is 2. The summed E-state index contributed by atoms with van der Waals surface area (Å²) in [6.45, 7) is 3.74. The van der Waals surface area contributed by atoms with Crippen LogP contribution in [0, 0.1) is 0 Å². The second-order valence-electron chi connectivity index (χ2n) is 4.07. The number of hydrogen-bond donors (Lipinski definition) is 0. The zero-order chi connectivity index (χ0) is 17.4. The van der Waals surface area contributed by atoms with E-state index in [1.165, 1.54) is 26.4 Å². The van der Waals surface area contributed by atoms with E-state index in [1.54, 1.807) is 6.92 Å². The maximum Gasteiger partial charge on any atom is 0.331 e. The first-order chi connectivity index (χ1) is 10.5. The molecule has 2 atom stereocenters. The number of methoxy groups -OCH3 is 2. The van der Waals surface area contributed by atoms with Crippen LogP contribution in [0.15, 0.2) is 9.98 Å². The summed E-state index contributed by atoms with van der Waals surface area (Å²) in [5.74, 6) is -0.961. The lowest BCUT2D eigenvalue weighted by Gasteiger charge is -2.05. The van der Waals surface area contributed by atoms with Crippen molar-refractivity contribution in [3.05, 3.63) is 0 Å². The van der Waals surface area contributed by atoms with Gasteiger partial charge in [0.05, 0.1) is 14.2 Å². The molecule has 22 heavy (non-hydrogen) atoms. The van der Waals surface area contributed by atoms with Gasteiger partial charge in [-0.3, -0.25) is 0 Å². The molecule has 8 nitrogen and oxygen atoms in total. The molecule has 0 aliphatic rings. The fraction of sp³-hybridized carbons (Fsp3) is 0.714. The SMILES string of the molecule is CCC(N=C=O)C(=O)OC.CCCCC(N=C=O)C(=O)OC. The lowest BCUT2D eigenvalue weighted by atomic mass is 10.1. The quantitative estimate of drug-likeness (QED) is 0.379. The Morgan fingerprint density at radius 2 is 1.41 bits per heavy atom. The van der Waals surface area contributed by atoms with Crippen LogP contribution in [0.5, 0.6) is 0 Å². The highest BCUT2D eigenvalue weighted by atomic mass is 16.5. The van der Waals surface area contributed by atoms with Gasteiger partial charge in [0.15, 0.2) is 12.1 Å². The molecule has 0 aliphatic carbocycles. The topological polar surface area (TPSA) is 111 Å². The molecule has 0 heterocycles. The third kappa shape index (κ3) is 10.5. The minimum absolute atomic E-state index is 0.460. The first kappa shape index (κ1) is 22.0. The van der Waals surface area contributed by atoms with Crippen LogP contribution in [0.3, 0.4) is 0 Å². The molecular formula is C14H22N2O6. The predicted molar refractivity (Wildman–Crippen MR) is 77.7 cm³/mol. The van der Waals surface area contributed by atoms with E-state index in [4.69, 9.17) is 0 Å². The van der Waals surface area contributed by atoms with Crippen LogP contribution < -0.4 is 0 Å². The summed E-state index contributed by atoms with van der Waals surface area (Å²) in [4.78, 5) is 47.7. The molecule has 0 radical (unpaired) electrons. The first-order valence-electron chi connectivity index (χ1n) is 6.81. The van der Waals surface area contributed by atoms with Crippen LogP contribution in [0.25, 0.3) is 0 Å². The van der Waals surface area contributed by atoms with Crippen molar-refractivity contribution in [2.75, 3.05) is 14.2 Å². The van der Waals surface area contributed by atoms with E-state index >= 15 is 0 Å². The molecule has 0 aliphatic heterocycles. The summed E-state index contributed by atoms with van der Waals surface area (Å²) in [7, 11) is 2.53. The van der Waals surface area contributed by atoms with Gasteiger partial charge in [-0.05, 0) is 12.8 Å². The molecule has 0 amide bonds. The molecule has 0 N–H and O–H groups in total. The Morgan fingerprint density at radius 3 is 1.77 bits per heavy atom. The Kier molecular flexibility index (Phi) is 15.1. The molecule has 0 fully saturated rings. The summed E-state index contributed by atoms with van der Waals surface area (Å²) in [6.07, 6.45) is 5.50. The Bertz CT molecular complexity index is 425. The molecule has 2 unspecified atom stereocenters. The van der Waals surface area contributed by atoms with E-state index < -0.39 is 24.0 Å². The molecule has 0 aromatic carbocycles. The standard InChI is InChI=1S/C8H13NO3.C6H9NO3/c1-3-4-5-7(9-6-10)8(11)12-2;1-3-5(7-4-8)6(9)10-2/h7H,3-5H2,1-2H3;5H,3H2,1-2H3. The van der Waals surface area contributed by atoms with Crippen molar-refractivity contribution in [1.29, 1.82) is 0 Å². The molecule has 0 saturated heterocycles. The number of esters is 2. The number of carbonyl (C=O) groups is 2. The van der Waals surface area contributed by atoms with E-state index in [0.717, 1.165) is 12.8 Å². The number of rotatable bonds is 8. The van der Waals surface area contributed by atoms with Gasteiger partial charge in [-0.15, -0.1) is 0 Å². The molecular weight excluding hydrogens is 292 g/mol. The lowest BCUT2D eigenvalue weighted by Crippen LogP contribution is -2.19. The van der Waals surface area contributed by atoms with Crippen molar-refractivity contribution < 1.29 is 28.7 Å².